The third-order valence-electron chi connectivity index (χ3n) is 7.85. The van der Waals surface area contributed by atoms with Crippen molar-refractivity contribution in [1.82, 2.24) is 0 Å². The number of unbranched alkanes of at least 4 members (excludes halogenated alkanes) is 25. The van der Waals surface area contributed by atoms with E-state index in [2.05, 4.69) is 6.92 Å². The summed E-state index contributed by atoms with van der Waals surface area (Å²) in [5.41, 5.74) is 0. The minimum atomic E-state index is 0.0137. The number of esters is 1. The summed E-state index contributed by atoms with van der Waals surface area (Å²) in [5, 5.41) is 0. The van der Waals surface area contributed by atoms with E-state index in [1.54, 1.807) is 0 Å². The number of carbonyl (C=O) groups excluding carboxylic acids is 1. The summed E-state index contributed by atoms with van der Waals surface area (Å²) in [6.07, 6.45) is 40.3. The molecule has 2 nitrogen and oxygen atoms in total. The summed E-state index contributed by atoms with van der Waals surface area (Å²) in [6.45, 7) is 2.30. The minimum Gasteiger partial charge on any atom is -0.462 e. The molecule has 1 saturated heterocycles. The maximum atomic E-state index is 11.1. The first-order valence-corrected chi connectivity index (χ1v) is 16.0. The van der Waals surface area contributed by atoms with E-state index in [1.807, 2.05) is 0 Å². The second-order valence-corrected chi connectivity index (χ2v) is 11.3. The maximum Gasteiger partial charge on any atom is 0.306 e. The van der Waals surface area contributed by atoms with Gasteiger partial charge >= 0.3 is 5.97 Å². The van der Waals surface area contributed by atoms with E-state index < -0.39 is 0 Å². The Morgan fingerprint density at radius 1 is 0.500 bits per heavy atom. The molecular weight excluding hydrogens is 416 g/mol. The van der Waals surface area contributed by atoms with Gasteiger partial charge in [-0.05, 0) is 19.3 Å². The number of ether oxygens (including phenoxy) is 1. The molecule has 0 aliphatic carbocycles. The summed E-state index contributed by atoms with van der Waals surface area (Å²) >= 11 is 0. The van der Waals surface area contributed by atoms with Crippen molar-refractivity contribution in [3.8, 4) is 0 Å². The topological polar surface area (TPSA) is 26.3 Å². The Labute approximate surface area is 214 Å². The van der Waals surface area contributed by atoms with Gasteiger partial charge in [-0.3, -0.25) is 4.79 Å². The maximum absolute atomic E-state index is 11.1. The van der Waals surface area contributed by atoms with Crippen LogP contribution in [0.1, 0.15) is 193 Å². The number of cyclic esters (lactones) is 1. The first kappa shape index (κ1) is 31.5. The van der Waals surface area contributed by atoms with Crippen LogP contribution in [0.2, 0.25) is 0 Å². The van der Waals surface area contributed by atoms with E-state index in [9.17, 15) is 4.79 Å². The fraction of sp³-hybridized carbons (Fsp3) is 0.969. The van der Waals surface area contributed by atoms with Crippen LogP contribution in [-0.2, 0) is 9.53 Å². The highest BCUT2D eigenvalue weighted by Gasteiger charge is 2.22. The number of hydrogen-bond donors (Lipinski definition) is 0. The van der Waals surface area contributed by atoms with Gasteiger partial charge in [0.05, 0.1) is 0 Å². The predicted octanol–water partition coefficient (Wildman–Crippen LogP) is 11.2. The normalized spacial score (nSPS) is 15.8. The van der Waals surface area contributed by atoms with Crippen molar-refractivity contribution in [2.24, 2.45) is 0 Å². The summed E-state index contributed by atoms with van der Waals surface area (Å²) in [7, 11) is 0. The van der Waals surface area contributed by atoms with Crippen LogP contribution in [0.25, 0.3) is 0 Å². The van der Waals surface area contributed by atoms with Gasteiger partial charge in [0.15, 0.2) is 0 Å². The van der Waals surface area contributed by atoms with Crippen LogP contribution in [0, 0.1) is 0 Å². The third kappa shape index (κ3) is 22.0. The Balaban J connectivity index is 1.62. The zero-order chi connectivity index (χ0) is 24.4. The Hall–Kier alpha value is -0.530. The molecule has 1 heterocycles. The van der Waals surface area contributed by atoms with Crippen LogP contribution in [0.4, 0.5) is 0 Å². The molecule has 0 aromatic carbocycles. The first-order valence-electron chi connectivity index (χ1n) is 16.0. The molecule has 1 fully saturated rings. The van der Waals surface area contributed by atoms with E-state index in [0.29, 0.717) is 6.42 Å². The lowest BCUT2D eigenvalue weighted by Crippen LogP contribution is -2.06. The van der Waals surface area contributed by atoms with Crippen LogP contribution in [0.3, 0.4) is 0 Å². The van der Waals surface area contributed by atoms with Gasteiger partial charge in [0.1, 0.15) is 6.10 Å². The molecule has 0 aromatic rings. The van der Waals surface area contributed by atoms with Gasteiger partial charge in [-0.15, -0.1) is 0 Å². The molecule has 202 valence electrons. The van der Waals surface area contributed by atoms with Crippen LogP contribution in [-0.4, -0.2) is 12.1 Å². The molecule has 0 spiro atoms. The van der Waals surface area contributed by atoms with Crippen molar-refractivity contribution in [2.75, 3.05) is 0 Å². The molecule has 1 aliphatic heterocycles. The lowest BCUT2D eigenvalue weighted by atomic mass is 10.0. The van der Waals surface area contributed by atoms with Gasteiger partial charge < -0.3 is 4.74 Å². The van der Waals surface area contributed by atoms with E-state index in [-0.39, 0.29) is 12.1 Å². The van der Waals surface area contributed by atoms with Gasteiger partial charge in [0.2, 0.25) is 0 Å². The van der Waals surface area contributed by atoms with Crippen LogP contribution in [0.15, 0.2) is 0 Å². The van der Waals surface area contributed by atoms with Crippen LogP contribution >= 0.6 is 0 Å². The van der Waals surface area contributed by atoms with Gasteiger partial charge in [-0.1, -0.05) is 167 Å². The smallest absolute Gasteiger partial charge is 0.306 e. The second kappa shape index (κ2) is 25.6. The van der Waals surface area contributed by atoms with Crippen LogP contribution < -0.4 is 0 Å². The largest absolute Gasteiger partial charge is 0.462 e. The monoisotopic (exact) mass is 478 g/mol. The molecule has 0 saturated carbocycles. The standard InChI is InChI=1S/C32H62O2/c1-2-3-4-5-6-7-8-9-10-11-12-13-14-15-16-17-18-19-20-21-22-23-24-25-26-27-28-31-29-30-32(33)34-31/h31H,2-30H2,1H3. The van der Waals surface area contributed by atoms with Crippen molar-refractivity contribution < 1.29 is 9.53 Å². The zero-order valence-corrected chi connectivity index (χ0v) is 23.4. The molecule has 0 N–H and O–H groups in total. The minimum absolute atomic E-state index is 0.0137. The molecule has 1 unspecified atom stereocenters. The van der Waals surface area contributed by atoms with Gasteiger partial charge in [-0.2, -0.15) is 0 Å². The summed E-state index contributed by atoms with van der Waals surface area (Å²) in [5.74, 6) is 0.0137. The van der Waals surface area contributed by atoms with Crippen molar-refractivity contribution in [1.29, 1.82) is 0 Å². The molecule has 0 aromatic heterocycles. The van der Waals surface area contributed by atoms with Crippen molar-refractivity contribution in [2.45, 2.75) is 199 Å². The van der Waals surface area contributed by atoms with Crippen molar-refractivity contribution >= 4 is 5.97 Å². The van der Waals surface area contributed by atoms with E-state index >= 15 is 0 Å². The Morgan fingerprint density at radius 2 is 0.794 bits per heavy atom. The Bertz CT molecular complexity index is 419. The van der Waals surface area contributed by atoms with Gasteiger partial charge in [0.25, 0.3) is 0 Å². The van der Waals surface area contributed by atoms with E-state index in [0.717, 1.165) is 12.8 Å². The highest BCUT2D eigenvalue weighted by atomic mass is 16.5. The molecule has 34 heavy (non-hydrogen) atoms. The lowest BCUT2D eigenvalue weighted by Gasteiger charge is -2.08. The number of rotatable bonds is 27. The highest BCUT2D eigenvalue weighted by Crippen LogP contribution is 2.20. The van der Waals surface area contributed by atoms with Gasteiger partial charge in [-0.25, -0.2) is 0 Å². The molecule has 0 radical (unpaired) electrons. The molecule has 1 rings (SSSR count). The average Bonchev–Trinajstić information content (AvgIpc) is 3.26. The highest BCUT2D eigenvalue weighted by molar-refractivity contribution is 5.71. The SMILES string of the molecule is CCCCCCCCCCCCCCCCCCCCCCCCCCCCC1CCC(=O)O1. The summed E-state index contributed by atoms with van der Waals surface area (Å²) in [4.78, 5) is 11.1. The number of carbonyl (C=O) groups is 1. The molecule has 0 amide bonds. The molecule has 1 aliphatic rings. The summed E-state index contributed by atoms with van der Waals surface area (Å²) in [6, 6.07) is 0. The fourth-order valence-corrected chi connectivity index (χ4v) is 5.47. The third-order valence-corrected chi connectivity index (χ3v) is 7.85. The predicted molar refractivity (Wildman–Crippen MR) is 149 cm³/mol. The molecule has 0 bridgehead atoms. The summed E-state index contributed by atoms with van der Waals surface area (Å²) < 4.78 is 5.28. The quantitative estimate of drug-likeness (QED) is 0.0866. The van der Waals surface area contributed by atoms with Gasteiger partial charge in [0, 0.05) is 6.42 Å². The van der Waals surface area contributed by atoms with Crippen LogP contribution in [0.5, 0.6) is 0 Å². The van der Waals surface area contributed by atoms with E-state index in [1.165, 1.54) is 167 Å². The second-order valence-electron chi connectivity index (χ2n) is 11.3. The first-order chi connectivity index (χ1) is 16.8. The van der Waals surface area contributed by atoms with Crippen molar-refractivity contribution in [3.63, 3.8) is 0 Å². The molecule has 1 atom stereocenters. The Kier molecular flexibility index (Phi) is 23.7. The number of hydrogen-bond acceptors (Lipinski definition) is 2. The molecule has 2 heteroatoms. The Morgan fingerprint density at radius 3 is 1.06 bits per heavy atom. The fourth-order valence-electron chi connectivity index (χ4n) is 5.47. The van der Waals surface area contributed by atoms with Crippen molar-refractivity contribution in [3.05, 3.63) is 0 Å². The molecular formula is C32H62O2. The van der Waals surface area contributed by atoms with E-state index in [4.69, 9.17) is 4.74 Å². The lowest BCUT2D eigenvalue weighted by molar-refractivity contribution is -0.141. The zero-order valence-electron chi connectivity index (χ0n) is 23.4. The average molecular weight is 479 g/mol.